The third-order valence-electron chi connectivity index (χ3n) is 5.50. The molecule has 2 unspecified atom stereocenters. The standard InChI is InChI=1S/C19H27NO3/c1-14-11-16(15-5-7-17(23-2)8-6-15)13-20(14)18(21)12-19(22)9-3-4-10-19/h5-8,14,16,22H,3-4,9-13H2,1-2H3. The van der Waals surface area contributed by atoms with Gasteiger partial charge in [-0.3, -0.25) is 4.79 Å². The Labute approximate surface area is 138 Å². The van der Waals surface area contributed by atoms with Crippen LogP contribution in [-0.2, 0) is 4.79 Å². The Morgan fingerprint density at radius 2 is 1.96 bits per heavy atom. The topological polar surface area (TPSA) is 49.8 Å². The molecule has 1 heterocycles. The van der Waals surface area contributed by atoms with Gasteiger partial charge in [0, 0.05) is 18.5 Å². The van der Waals surface area contributed by atoms with Crippen molar-refractivity contribution in [3.05, 3.63) is 29.8 Å². The summed E-state index contributed by atoms with van der Waals surface area (Å²) < 4.78 is 5.21. The summed E-state index contributed by atoms with van der Waals surface area (Å²) in [5.74, 6) is 1.34. The molecule has 2 atom stereocenters. The number of carbonyl (C=O) groups excluding carboxylic acids is 1. The number of carbonyl (C=O) groups is 1. The molecule has 2 fully saturated rings. The maximum Gasteiger partial charge on any atom is 0.225 e. The molecule has 4 nitrogen and oxygen atoms in total. The minimum absolute atomic E-state index is 0.109. The molecular formula is C19H27NO3. The summed E-state index contributed by atoms with van der Waals surface area (Å²) in [6.45, 7) is 2.86. The Hall–Kier alpha value is -1.55. The number of ether oxygens (including phenoxy) is 1. The van der Waals surface area contributed by atoms with Crippen molar-refractivity contribution < 1.29 is 14.6 Å². The van der Waals surface area contributed by atoms with E-state index in [9.17, 15) is 9.90 Å². The van der Waals surface area contributed by atoms with Crippen LogP contribution >= 0.6 is 0 Å². The molecule has 1 N–H and O–H groups in total. The summed E-state index contributed by atoms with van der Waals surface area (Å²) in [6.07, 6.45) is 4.87. The predicted molar refractivity (Wildman–Crippen MR) is 89.6 cm³/mol. The summed E-state index contributed by atoms with van der Waals surface area (Å²) in [6, 6.07) is 8.38. The second-order valence-electron chi connectivity index (χ2n) is 7.21. The summed E-state index contributed by atoms with van der Waals surface area (Å²) in [5.41, 5.74) is 0.502. The van der Waals surface area contributed by atoms with E-state index < -0.39 is 5.60 Å². The van der Waals surface area contributed by atoms with Gasteiger partial charge in [0.05, 0.1) is 19.1 Å². The molecule has 0 radical (unpaired) electrons. The molecule has 0 bridgehead atoms. The maximum atomic E-state index is 12.6. The van der Waals surface area contributed by atoms with Gasteiger partial charge in [0.2, 0.25) is 5.91 Å². The maximum absolute atomic E-state index is 12.6. The van der Waals surface area contributed by atoms with E-state index in [1.165, 1.54) is 5.56 Å². The first-order valence-corrected chi connectivity index (χ1v) is 8.66. The Balaban J connectivity index is 1.64. The van der Waals surface area contributed by atoms with Gasteiger partial charge in [-0.05, 0) is 43.9 Å². The van der Waals surface area contributed by atoms with Gasteiger partial charge in [0.15, 0.2) is 0 Å². The van der Waals surface area contributed by atoms with Crippen LogP contribution in [0.5, 0.6) is 5.75 Å². The molecular weight excluding hydrogens is 290 g/mol. The summed E-state index contributed by atoms with van der Waals surface area (Å²) >= 11 is 0. The van der Waals surface area contributed by atoms with Crippen molar-refractivity contribution in [3.8, 4) is 5.75 Å². The molecule has 0 spiro atoms. The molecule has 1 saturated carbocycles. The number of amides is 1. The highest BCUT2D eigenvalue weighted by atomic mass is 16.5. The van der Waals surface area contributed by atoms with Crippen LogP contribution in [0.4, 0.5) is 0 Å². The van der Waals surface area contributed by atoms with Crippen LogP contribution in [0.2, 0.25) is 0 Å². The van der Waals surface area contributed by atoms with Crippen molar-refractivity contribution in [1.29, 1.82) is 0 Å². The van der Waals surface area contributed by atoms with E-state index in [1.807, 2.05) is 17.0 Å². The smallest absolute Gasteiger partial charge is 0.225 e. The average molecular weight is 317 g/mol. The molecule has 126 valence electrons. The SMILES string of the molecule is COc1ccc(C2CC(C)N(C(=O)CC3(O)CCCC3)C2)cc1. The Kier molecular flexibility index (Phi) is 4.62. The van der Waals surface area contributed by atoms with Crippen LogP contribution in [0, 0.1) is 0 Å². The van der Waals surface area contributed by atoms with Crippen molar-refractivity contribution in [3.63, 3.8) is 0 Å². The van der Waals surface area contributed by atoms with E-state index in [1.54, 1.807) is 7.11 Å². The summed E-state index contributed by atoms with van der Waals surface area (Å²) in [5, 5.41) is 10.5. The van der Waals surface area contributed by atoms with Gasteiger partial charge in [-0.1, -0.05) is 25.0 Å². The Morgan fingerprint density at radius 1 is 1.30 bits per heavy atom. The predicted octanol–water partition coefficient (Wildman–Crippen LogP) is 3.09. The lowest BCUT2D eigenvalue weighted by Gasteiger charge is -2.27. The van der Waals surface area contributed by atoms with Crippen molar-refractivity contribution in [2.45, 2.75) is 63.0 Å². The average Bonchev–Trinajstić information content (AvgIpc) is 3.13. The van der Waals surface area contributed by atoms with Crippen molar-refractivity contribution in [2.75, 3.05) is 13.7 Å². The second-order valence-corrected chi connectivity index (χ2v) is 7.21. The number of nitrogens with zero attached hydrogens (tertiary/aromatic N) is 1. The minimum atomic E-state index is -0.755. The van der Waals surface area contributed by atoms with Crippen LogP contribution < -0.4 is 4.74 Å². The number of likely N-dealkylation sites (tertiary alicyclic amines) is 1. The first-order chi connectivity index (χ1) is 11.0. The highest BCUT2D eigenvalue weighted by Crippen LogP contribution is 2.36. The van der Waals surface area contributed by atoms with E-state index in [2.05, 4.69) is 19.1 Å². The molecule has 2 aliphatic rings. The molecule has 1 aliphatic carbocycles. The number of hydrogen-bond acceptors (Lipinski definition) is 3. The molecule has 4 heteroatoms. The molecule has 0 aromatic heterocycles. The molecule has 1 aromatic rings. The largest absolute Gasteiger partial charge is 0.497 e. The van der Waals surface area contributed by atoms with Gasteiger partial charge < -0.3 is 14.7 Å². The van der Waals surface area contributed by atoms with Crippen LogP contribution in [0.15, 0.2) is 24.3 Å². The number of hydrogen-bond donors (Lipinski definition) is 1. The Morgan fingerprint density at radius 3 is 2.57 bits per heavy atom. The van der Waals surface area contributed by atoms with Crippen LogP contribution in [0.3, 0.4) is 0 Å². The number of methoxy groups -OCH3 is 1. The van der Waals surface area contributed by atoms with Crippen molar-refractivity contribution >= 4 is 5.91 Å². The molecule has 3 rings (SSSR count). The number of benzene rings is 1. The van der Waals surface area contributed by atoms with E-state index >= 15 is 0 Å². The van der Waals surface area contributed by atoms with E-state index in [4.69, 9.17) is 4.74 Å². The van der Waals surface area contributed by atoms with Crippen LogP contribution in [0.1, 0.15) is 56.9 Å². The molecule has 1 aromatic carbocycles. The zero-order valence-electron chi connectivity index (χ0n) is 14.1. The van der Waals surface area contributed by atoms with Gasteiger partial charge in [-0.15, -0.1) is 0 Å². The van der Waals surface area contributed by atoms with Gasteiger partial charge in [0.25, 0.3) is 0 Å². The fourth-order valence-electron chi connectivity index (χ4n) is 4.09. The van der Waals surface area contributed by atoms with E-state index in [-0.39, 0.29) is 18.4 Å². The fourth-order valence-corrected chi connectivity index (χ4v) is 4.09. The van der Waals surface area contributed by atoms with Gasteiger partial charge in [-0.2, -0.15) is 0 Å². The molecule has 1 amide bonds. The zero-order chi connectivity index (χ0) is 16.4. The highest BCUT2D eigenvalue weighted by molar-refractivity contribution is 5.78. The molecule has 23 heavy (non-hydrogen) atoms. The summed E-state index contributed by atoms with van der Waals surface area (Å²) in [4.78, 5) is 14.6. The van der Waals surface area contributed by atoms with Crippen molar-refractivity contribution in [2.24, 2.45) is 0 Å². The summed E-state index contributed by atoms with van der Waals surface area (Å²) in [7, 11) is 1.67. The third-order valence-corrected chi connectivity index (χ3v) is 5.50. The third kappa shape index (κ3) is 3.52. The quantitative estimate of drug-likeness (QED) is 0.928. The monoisotopic (exact) mass is 317 g/mol. The molecule has 1 saturated heterocycles. The minimum Gasteiger partial charge on any atom is -0.497 e. The van der Waals surface area contributed by atoms with Crippen LogP contribution in [-0.4, -0.2) is 41.2 Å². The lowest BCUT2D eigenvalue weighted by Crippen LogP contribution is -2.39. The number of rotatable bonds is 4. The first-order valence-electron chi connectivity index (χ1n) is 8.66. The zero-order valence-corrected chi connectivity index (χ0v) is 14.1. The van der Waals surface area contributed by atoms with Gasteiger partial charge in [-0.25, -0.2) is 0 Å². The lowest BCUT2D eigenvalue weighted by molar-refractivity contribution is -0.136. The van der Waals surface area contributed by atoms with Gasteiger partial charge in [0.1, 0.15) is 5.75 Å². The first kappa shape index (κ1) is 16.3. The highest BCUT2D eigenvalue weighted by Gasteiger charge is 2.39. The van der Waals surface area contributed by atoms with E-state index in [0.29, 0.717) is 5.92 Å². The van der Waals surface area contributed by atoms with E-state index in [0.717, 1.165) is 44.4 Å². The van der Waals surface area contributed by atoms with Crippen LogP contribution in [0.25, 0.3) is 0 Å². The fraction of sp³-hybridized carbons (Fsp3) is 0.632. The second kappa shape index (κ2) is 6.52. The van der Waals surface area contributed by atoms with Gasteiger partial charge >= 0.3 is 0 Å². The Bertz CT molecular complexity index is 548. The van der Waals surface area contributed by atoms with Crippen molar-refractivity contribution in [1.82, 2.24) is 4.90 Å². The number of aliphatic hydroxyl groups is 1. The lowest BCUT2D eigenvalue weighted by atomic mass is 9.97. The molecule has 1 aliphatic heterocycles. The normalized spacial score (nSPS) is 26.5.